The summed E-state index contributed by atoms with van der Waals surface area (Å²) in [5.41, 5.74) is 2.37. The number of nitrogens with one attached hydrogen (secondary N) is 1. The average molecular weight is 214 g/mol. The summed E-state index contributed by atoms with van der Waals surface area (Å²) in [5, 5.41) is 8.18. The Labute approximate surface area is 89.8 Å². The van der Waals surface area contributed by atoms with E-state index in [1.54, 1.807) is 0 Å². The SMILES string of the molecule is C=C(Cl)CNCc1cn(C)nc1CC. The molecule has 0 aliphatic rings. The van der Waals surface area contributed by atoms with Crippen molar-refractivity contribution in [2.45, 2.75) is 19.9 Å². The average Bonchev–Trinajstić information content (AvgIpc) is 2.45. The highest BCUT2D eigenvalue weighted by Crippen LogP contribution is 2.06. The molecule has 0 radical (unpaired) electrons. The number of hydrogen-bond acceptors (Lipinski definition) is 2. The van der Waals surface area contributed by atoms with Gasteiger partial charge in [0.25, 0.3) is 0 Å². The van der Waals surface area contributed by atoms with Crippen LogP contribution in [0.5, 0.6) is 0 Å². The maximum atomic E-state index is 5.65. The summed E-state index contributed by atoms with van der Waals surface area (Å²) in [7, 11) is 1.93. The predicted octanol–water partition coefficient (Wildman–Crippen LogP) is 1.82. The Morgan fingerprint density at radius 1 is 1.71 bits per heavy atom. The minimum absolute atomic E-state index is 0.631. The van der Waals surface area contributed by atoms with E-state index in [0.29, 0.717) is 11.6 Å². The van der Waals surface area contributed by atoms with Crippen molar-refractivity contribution in [3.63, 3.8) is 0 Å². The molecule has 0 fully saturated rings. The van der Waals surface area contributed by atoms with Crippen LogP contribution in [0, 0.1) is 0 Å². The van der Waals surface area contributed by atoms with E-state index in [-0.39, 0.29) is 0 Å². The molecule has 0 aromatic carbocycles. The van der Waals surface area contributed by atoms with Crippen LogP contribution in [0.25, 0.3) is 0 Å². The van der Waals surface area contributed by atoms with Crippen LogP contribution >= 0.6 is 11.6 Å². The molecular formula is C10H16ClN3. The normalized spacial score (nSPS) is 10.5. The fourth-order valence-electron chi connectivity index (χ4n) is 1.36. The van der Waals surface area contributed by atoms with Gasteiger partial charge in [0.05, 0.1) is 5.69 Å². The maximum absolute atomic E-state index is 5.65. The van der Waals surface area contributed by atoms with Gasteiger partial charge in [-0.2, -0.15) is 5.10 Å². The third kappa shape index (κ3) is 3.16. The Bertz CT molecular complexity index is 317. The Morgan fingerprint density at radius 3 is 3.00 bits per heavy atom. The van der Waals surface area contributed by atoms with Crippen molar-refractivity contribution in [2.24, 2.45) is 7.05 Å². The molecule has 4 heteroatoms. The molecule has 0 saturated heterocycles. The minimum atomic E-state index is 0.631. The first kappa shape index (κ1) is 11.3. The zero-order chi connectivity index (χ0) is 10.6. The Hall–Kier alpha value is -0.800. The van der Waals surface area contributed by atoms with Crippen molar-refractivity contribution in [3.05, 3.63) is 29.1 Å². The van der Waals surface area contributed by atoms with E-state index in [1.807, 2.05) is 17.9 Å². The quantitative estimate of drug-likeness (QED) is 0.809. The van der Waals surface area contributed by atoms with E-state index < -0.39 is 0 Å². The van der Waals surface area contributed by atoms with Gasteiger partial charge in [0.15, 0.2) is 0 Å². The van der Waals surface area contributed by atoms with Crippen molar-refractivity contribution in [3.8, 4) is 0 Å². The van der Waals surface area contributed by atoms with Gasteiger partial charge in [-0.1, -0.05) is 25.1 Å². The lowest BCUT2D eigenvalue weighted by Crippen LogP contribution is -2.15. The maximum Gasteiger partial charge on any atom is 0.0666 e. The number of aromatic nitrogens is 2. The van der Waals surface area contributed by atoms with Crippen molar-refractivity contribution in [1.29, 1.82) is 0 Å². The molecular weight excluding hydrogens is 198 g/mol. The molecule has 0 amide bonds. The third-order valence-corrected chi connectivity index (χ3v) is 2.09. The molecule has 0 saturated carbocycles. The molecule has 0 aliphatic carbocycles. The largest absolute Gasteiger partial charge is 0.308 e. The molecule has 0 spiro atoms. The van der Waals surface area contributed by atoms with Gasteiger partial charge >= 0.3 is 0 Å². The molecule has 0 atom stereocenters. The van der Waals surface area contributed by atoms with Crippen LogP contribution in [0.2, 0.25) is 0 Å². The molecule has 1 heterocycles. The van der Waals surface area contributed by atoms with E-state index in [9.17, 15) is 0 Å². The van der Waals surface area contributed by atoms with Gasteiger partial charge in [-0.25, -0.2) is 0 Å². The van der Waals surface area contributed by atoms with Crippen LogP contribution in [0.15, 0.2) is 17.8 Å². The summed E-state index contributed by atoms with van der Waals surface area (Å²) in [6, 6.07) is 0. The highest BCUT2D eigenvalue weighted by molar-refractivity contribution is 6.29. The van der Waals surface area contributed by atoms with Gasteiger partial charge in [-0.15, -0.1) is 0 Å². The summed E-state index contributed by atoms with van der Waals surface area (Å²) in [6.45, 7) is 7.15. The summed E-state index contributed by atoms with van der Waals surface area (Å²) in [4.78, 5) is 0. The molecule has 0 unspecified atom stereocenters. The topological polar surface area (TPSA) is 29.9 Å². The van der Waals surface area contributed by atoms with Crippen molar-refractivity contribution in [1.82, 2.24) is 15.1 Å². The van der Waals surface area contributed by atoms with Crippen LogP contribution < -0.4 is 5.32 Å². The molecule has 1 rings (SSSR count). The first-order chi connectivity index (χ1) is 6.63. The number of hydrogen-bond donors (Lipinski definition) is 1. The van der Waals surface area contributed by atoms with Crippen LogP contribution in [0.3, 0.4) is 0 Å². The Kier molecular flexibility index (Phi) is 4.17. The summed E-state index contributed by atoms with van der Waals surface area (Å²) in [6.07, 6.45) is 2.99. The van der Waals surface area contributed by atoms with Crippen LogP contribution in [-0.4, -0.2) is 16.3 Å². The third-order valence-electron chi connectivity index (χ3n) is 1.96. The Balaban J connectivity index is 2.52. The summed E-state index contributed by atoms with van der Waals surface area (Å²) < 4.78 is 1.84. The van der Waals surface area contributed by atoms with Crippen LogP contribution in [0.1, 0.15) is 18.2 Å². The second kappa shape index (κ2) is 5.17. The monoisotopic (exact) mass is 213 g/mol. The van der Waals surface area contributed by atoms with Gasteiger partial charge in [0.1, 0.15) is 0 Å². The molecule has 0 bridgehead atoms. The number of aryl methyl sites for hydroxylation is 2. The van der Waals surface area contributed by atoms with Gasteiger partial charge < -0.3 is 5.32 Å². The second-order valence-corrected chi connectivity index (χ2v) is 3.78. The first-order valence-corrected chi connectivity index (χ1v) is 5.06. The van der Waals surface area contributed by atoms with E-state index >= 15 is 0 Å². The van der Waals surface area contributed by atoms with Gasteiger partial charge in [-0.05, 0) is 6.42 Å². The summed E-state index contributed by atoms with van der Waals surface area (Å²) >= 11 is 5.65. The zero-order valence-electron chi connectivity index (χ0n) is 8.68. The first-order valence-electron chi connectivity index (χ1n) is 4.69. The minimum Gasteiger partial charge on any atom is -0.308 e. The molecule has 0 aliphatic heterocycles. The highest BCUT2D eigenvalue weighted by Gasteiger charge is 2.04. The number of halogens is 1. The standard InChI is InChI=1S/C10H16ClN3/c1-4-10-9(7-14(3)13-10)6-12-5-8(2)11/h7,12H,2,4-6H2,1,3H3. The van der Waals surface area contributed by atoms with E-state index in [0.717, 1.165) is 18.7 Å². The van der Waals surface area contributed by atoms with Crippen LogP contribution in [-0.2, 0) is 20.0 Å². The fraction of sp³-hybridized carbons (Fsp3) is 0.500. The fourth-order valence-corrected chi connectivity index (χ4v) is 1.46. The van der Waals surface area contributed by atoms with Crippen molar-refractivity contribution < 1.29 is 0 Å². The molecule has 1 N–H and O–H groups in total. The lowest BCUT2D eigenvalue weighted by molar-refractivity contribution is 0.746. The van der Waals surface area contributed by atoms with Crippen LogP contribution in [0.4, 0.5) is 0 Å². The van der Waals surface area contributed by atoms with E-state index in [2.05, 4.69) is 23.9 Å². The molecule has 14 heavy (non-hydrogen) atoms. The van der Waals surface area contributed by atoms with E-state index in [4.69, 9.17) is 11.6 Å². The molecule has 1 aromatic rings. The molecule has 1 aromatic heterocycles. The van der Waals surface area contributed by atoms with Crippen molar-refractivity contribution >= 4 is 11.6 Å². The Morgan fingerprint density at radius 2 is 2.43 bits per heavy atom. The highest BCUT2D eigenvalue weighted by atomic mass is 35.5. The lowest BCUT2D eigenvalue weighted by atomic mass is 10.2. The second-order valence-electron chi connectivity index (χ2n) is 3.25. The summed E-state index contributed by atoms with van der Waals surface area (Å²) in [5.74, 6) is 0. The van der Waals surface area contributed by atoms with E-state index in [1.165, 1.54) is 5.56 Å². The predicted molar refractivity (Wildman–Crippen MR) is 59.3 cm³/mol. The zero-order valence-corrected chi connectivity index (χ0v) is 9.43. The number of rotatable bonds is 5. The number of nitrogens with zero attached hydrogens (tertiary/aromatic N) is 2. The smallest absolute Gasteiger partial charge is 0.0666 e. The van der Waals surface area contributed by atoms with Gasteiger partial charge in [0, 0.05) is 36.9 Å². The van der Waals surface area contributed by atoms with Gasteiger partial charge in [0.2, 0.25) is 0 Å². The lowest BCUT2D eigenvalue weighted by Gasteiger charge is -2.02. The van der Waals surface area contributed by atoms with Gasteiger partial charge in [-0.3, -0.25) is 4.68 Å². The molecule has 78 valence electrons. The molecule has 3 nitrogen and oxygen atoms in total. The van der Waals surface area contributed by atoms with Crippen molar-refractivity contribution in [2.75, 3.05) is 6.54 Å².